The summed E-state index contributed by atoms with van der Waals surface area (Å²) in [7, 11) is 0. The zero-order valence-corrected chi connectivity index (χ0v) is 6.69. The lowest BCUT2D eigenvalue weighted by Crippen LogP contribution is -2.05. The van der Waals surface area contributed by atoms with E-state index in [9.17, 15) is 4.57 Å². The minimum atomic E-state index is -3.14. The van der Waals surface area contributed by atoms with Gasteiger partial charge in [-0.3, -0.25) is 9.05 Å². The molecule has 0 aromatic rings. The highest BCUT2D eigenvalue weighted by atomic mass is 35.7. The van der Waals surface area contributed by atoms with Crippen LogP contribution in [-0.4, -0.2) is 12.7 Å². The summed E-state index contributed by atoms with van der Waals surface area (Å²) < 4.78 is 20.1. The molecule has 5 heteroatoms. The third kappa shape index (κ3) is 1.94. The summed E-state index contributed by atoms with van der Waals surface area (Å²) in [5.74, 6) is 0. The molecular formula is C4H8ClO3P. The van der Waals surface area contributed by atoms with Gasteiger partial charge in [-0.1, -0.05) is 6.92 Å². The molecule has 0 N–H and O–H groups in total. The van der Waals surface area contributed by atoms with Crippen molar-refractivity contribution in [3.8, 4) is 0 Å². The smallest absolute Gasteiger partial charge is 0.294 e. The average molecular weight is 171 g/mol. The zero-order chi connectivity index (χ0) is 6.91. The Kier molecular flexibility index (Phi) is 2.17. The molecule has 0 aliphatic carbocycles. The first-order valence-electron chi connectivity index (χ1n) is 2.76. The molecule has 0 amide bonds. The van der Waals surface area contributed by atoms with Crippen LogP contribution in [0, 0.1) is 0 Å². The van der Waals surface area contributed by atoms with Crippen molar-refractivity contribution in [2.24, 2.45) is 0 Å². The minimum Gasteiger partial charge on any atom is -0.294 e. The molecule has 0 bridgehead atoms. The molecule has 1 fully saturated rings. The van der Waals surface area contributed by atoms with Crippen molar-refractivity contribution in [2.75, 3.05) is 6.61 Å². The topological polar surface area (TPSA) is 35.5 Å². The van der Waals surface area contributed by atoms with Crippen molar-refractivity contribution in [1.29, 1.82) is 0 Å². The monoisotopic (exact) mass is 170 g/mol. The van der Waals surface area contributed by atoms with Crippen LogP contribution in [0.1, 0.15) is 13.3 Å². The summed E-state index contributed by atoms with van der Waals surface area (Å²) in [6, 6.07) is 0. The third-order valence-corrected chi connectivity index (χ3v) is 2.68. The molecule has 0 aromatic carbocycles. The molecule has 2 atom stereocenters. The van der Waals surface area contributed by atoms with E-state index in [0.717, 1.165) is 6.42 Å². The fourth-order valence-corrected chi connectivity index (χ4v) is 2.08. The number of halogens is 1. The van der Waals surface area contributed by atoms with Crippen LogP contribution in [0.5, 0.6) is 0 Å². The lowest BCUT2D eigenvalue weighted by molar-refractivity contribution is 0.231. The maximum absolute atomic E-state index is 10.7. The van der Waals surface area contributed by atoms with Crippen molar-refractivity contribution < 1.29 is 13.6 Å². The van der Waals surface area contributed by atoms with Crippen molar-refractivity contribution in [3.05, 3.63) is 0 Å². The Morgan fingerprint density at radius 3 is 2.78 bits per heavy atom. The van der Waals surface area contributed by atoms with Gasteiger partial charge in [-0.2, -0.15) is 0 Å². The highest BCUT2D eigenvalue weighted by Crippen LogP contribution is 2.58. The second-order valence-electron chi connectivity index (χ2n) is 1.86. The fraction of sp³-hybridized carbons (Fsp3) is 1.00. The van der Waals surface area contributed by atoms with Crippen LogP contribution in [0.2, 0.25) is 0 Å². The fourth-order valence-electron chi connectivity index (χ4n) is 0.603. The molecule has 1 aliphatic rings. The van der Waals surface area contributed by atoms with Gasteiger partial charge >= 0.3 is 6.95 Å². The summed E-state index contributed by atoms with van der Waals surface area (Å²) in [4.78, 5) is 0. The largest absolute Gasteiger partial charge is 0.424 e. The van der Waals surface area contributed by atoms with Crippen molar-refractivity contribution in [1.82, 2.24) is 0 Å². The minimum absolute atomic E-state index is 0.0756. The molecular weight excluding hydrogens is 162 g/mol. The first-order valence-corrected chi connectivity index (χ1v) is 5.21. The van der Waals surface area contributed by atoms with E-state index in [-0.39, 0.29) is 6.10 Å². The second-order valence-corrected chi connectivity index (χ2v) is 4.43. The molecule has 1 heterocycles. The van der Waals surface area contributed by atoms with Gasteiger partial charge in [0.25, 0.3) is 0 Å². The zero-order valence-electron chi connectivity index (χ0n) is 5.04. The standard InChI is InChI=1S/C4H8ClO3P/c1-2-4-3-7-9(5,6)8-4/h4H,2-3H2,1H3. The van der Waals surface area contributed by atoms with E-state index >= 15 is 0 Å². The van der Waals surface area contributed by atoms with Crippen LogP contribution in [0.15, 0.2) is 0 Å². The van der Waals surface area contributed by atoms with Gasteiger partial charge in [0.05, 0.1) is 12.7 Å². The van der Waals surface area contributed by atoms with E-state index in [1.807, 2.05) is 6.92 Å². The number of hydrogen-bond acceptors (Lipinski definition) is 3. The van der Waals surface area contributed by atoms with E-state index in [1.54, 1.807) is 0 Å². The predicted octanol–water partition coefficient (Wildman–Crippen LogP) is 2.16. The summed E-state index contributed by atoms with van der Waals surface area (Å²) >= 11 is 5.25. The molecule has 9 heavy (non-hydrogen) atoms. The first-order chi connectivity index (χ1) is 4.14. The Bertz CT molecular complexity index is 149. The van der Waals surface area contributed by atoms with E-state index < -0.39 is 6.95 Å². The first kappa shape index (κ1) is 7.55. The van der Waals surface area contributed by atoms with Gasteiger partial charge in [-0.05, 0) is 6.42 Å². The summed E-state index contributed by atoms with van der Waals surface area (Å²) in [5, 5.41) is 0. The summed E-state index contributed by atoms with van der Waals surface area (Å²) in [6.07, 6.45) is 0.713. The maximum Gasteiger partial charge on any atom is 0.424 e. The SMILES string of the molecule is CCC1COP(=O)(Cl)O1. The highest BCUT2D eigenvalue weighted by molar-refractivity contribution is 7.81. The van der Waals surface area contributed by atoms with Gasteiger partial charge in [-0.25, -0.2) is 4.57 Å². The molecule has 1 saturated heterocycles. The van der Waals surface area contributed by atoms with Gasteiger partial charge < -0.3 is 0 Å². The van der Waals surface area contributed by atoms with Crippen LogP contribution in [-0.2, 0) is 13.6 Å². The van der Waals surface area contributed by atoms with Crippen LogP contribution >= 0.6 is 18.2 Å². The van der Waals surface area contributed by atoms with Crippen LogP contribution in [0.25, 0.3) is 0 Å². The van der Waals surface area contributed by atoms with Gasteiger partial charge in [0.2, 0.25) is 0 Å². The molecule has 1 aliphatic heterocycles. The Labute approximate surface area is 58.6 Å². The number of rotatable bonds is 1. The molecule has 3 nitrogen and oxygen atoms in total. The molecule has 1 rings (SSSR count). The second kappa shape index (κ2) is 2.59. The Hall–Kier alpha value is 0.440. The Morgan fingerprint density at radius 2 is 2.56 bits per heavy atom. The lowest BCUT2D eigenvalue weighted by atomic mass is 10.3. The molecule has 0 saturated carbocycles. The molecule has 2 unspecified atom stereocenters. The normalized spacial score (nSPS) is 43.6. The predicted molar refractivity (Wildman–Crippen MR) is 34.6 cm³/mol. The third-order valence-electron chi connectivity index (χ3n) is 1.14. The van der Waals surface area contributed by atoms with E-state index in [4.69, 9.17) is 15.8 Å². The van der Waals surface area contributed by atoms with E-state index in [0.29, 0.717) is 6.61 Å². The van der Waals surface area contributed by atoms with Crippen molar-refractivity contribution >= 4 is 18.2 Å². The van der Waals surface area contributed by atoms with Crippen LogP contribution in [0.4, 0.5) is 0 Å². The molecule has 0 spiro atoms. The van der Waals surface area contributed by atoms with Crippen LogP contribution in [0.3, 0.4) is 0 Å². The quantitative estimate of drug-likeness (QED) is 0.566. The van der Waals surface area contributed by atoms with Crippen molar-refractivity contribution in [2.45, 2.75) is 19.4 Å². The van der Waals surface area contributed by atoms with Gasteiger partial charge in [0.1, 0.15) is 0 Å². The summed E-state index contributed by atoms with van der Waals surface area (Å²) in [5.41, 5.74) is 0. The molecule has 0 radical (unpaired) electrons. The van der Waals surface area contributed by atoms with Gasteiger partial charge in [-0.15, -0.1) is 0 Å². The van der Waals surface area contributed by atoms with E-state index in [2.05, 4.69) is 4.52 Å². The Morgan fingerprint density at radius 1 is 1.89 bits per heavy atom. The molecule has 0 aromatic heterocycles. The highest BCUT2D eigenvalue weighted by Gasteiger charge is 2.33. The van der Waals surface area contributed by atoms with Gasteiger partial charge in [0.15, 0.2) is 0 Å². The average Bonchev–Trinajstić information content (AvgIpc) is 2.10. The lowest BCUT2D eigenvalue weighted by Gasteiger charge is -2.00. The van der Waals surface area contributed by atoms with E-state index in [1.165, 1.54) is 0 Å². The summed E-state index contributed by atoms with van der Waals surface area (Å²) in [6.45, 7) is -0.858. The Balaban J connectivity index is 2.47. The number of hydrogen-bond donors (Lipinski definition) is 0. The maximum atomic E-state index is 10.7. The van der Waals surface area contributed by atoms with Crippen LogP contribution < -0.4 is 0 Å². The van der Waals surface area contributed by atoms with Gasteiger partial charge in [0, 0.05) is 11.2 Å². The van der Waals surface area contributed by atoms with Crippen molar-refractivity contribution in [3.63, 3.8) is 0 Å². The molecule has 54 valence electrons.